The first kappa shape index (κ1) is 19.6. The second-order valence-corrected chi connectivity index (χ2v) is 8.06. The summed E-state index contributed by atoms with van der Waals surface area (Å²) in [6.07, 6.45) is 0.721. The van der Waals surface area contributed by atoms with Gasteiger partial charge in [-0.05, 0) is 57.4 Å². The van der Waals surface area contributed by atoms with E-state index in [1.54, 1.807) is 11.9 Å². The van der Waals surface area contributed by atoms with E-state index >= 15 is 0 Å². The maximum Gasteiger partial charge on any atom is 0.410 e. The van der Waals surface area contributed by atoms with Crippen LogP contribution in [0.1, 0.15) is 51.8 Å². The lowest BCUT2D eigenvalue weighted by molar-refractivity contribution is 0.0276. The number of benzene rings is 1. The van der Waals surface area contributed by atoms with Crippen molar-refractivity contribution in [3.63, 3.8) is 0 Å². The predicted molar refractivity (Wildman–Crippen MR) is 100 cm³/mol. The lowest BCUT2D eigenvalue weighted by Gasteiger charge is -2.27. The van der Waals surface area contributed by atoms with Crippen LogP contribution in [0.25, 0.3) is 0 Å². The van der Waals surface area contributed by atoms with Crippen LogP contribution >= 0.6 is 0 Å². The van der Waals surface area contributed by atoms with E-state index in [2.05, 4.69) is 37.4 Å². The molecular weight excluding hydrogens is 316 g/mol. The number of hydrogen-bond donors (Lipinski definition) is 1. The van der Waals surface area contributed by atoms with Crippen molar-refractivity contribution >= 4 is 6.09 Å². The number of hydrogen-bond acceptors (Lipinski definition) is 4. The van der Waals surface area contributed by atoms with Gasteiger partial charge in [0.25, 0.3) is 0 Å². The van der Waals surface area contributed by atoms with Gasteiger partial charge in [0.2, 0.25) is 0 Å². The van der Waals surface area contributed by atoms with Gasteiger partial charge in [0.1, 0.15) is 11.4 Å². The number of nitrogens with one attached hydrogen (secondary N) is 1. The lowest BCUT2D eigenvalue weighted by atomic mass is 10.0. The van der Waals surface area contributed by atoms with E-state index in [0.717, 1.165) is 25.3 Å². The van der Waals surface area contributed by atoms with Crippen LogP contribution in [0.4, 0.5) is 4.79 Å². The number of carbonyl (C=O) groups excluding carboxylic acids is 1. The molecule has 1 heterocycles. The summed E-state index contributed by atoms with van der Waals surface area (Å²) in [5.74, 6) is 1.35. The molecule has 0 bridgehead atoms. The summed E-state index contributed by atoms with van der Waals surface area (Å²) in [7, 11) is 1.79. The monoisotopic (exact) mass is 348 g/mol. The van der Waals surface area contributed by atoms with E-state index in [1.165, 1.54) is 11.1 Å². The highest BCUT2D eigenvalue weighted by atomic mass is 16.6. The van der Waals surface area contributed by atoms with E-state index in [9.17, 15) is 4.79 Å². The summed E-state index contributed by atoms with van der Waals surface area (Å²) in [5.41, 5.74) is 2.11. The first-order chi connectivity index (χ1) is 11.7. The van der Waals surface area contributed by atoms with Crippen molar-refractivity contribution in [1.82, 2.24) is 10.2 Å². The summed E-state index contributed by atoms with van der Waals surface area (Å²) < 4.78 is 11.0. The average Bonchev–Trinajstić information content (AvgIpc) is 2.98. The summed E-state index contributed by atoms with van der Waals surface area (Å²) in [6.45, 7) is 12.2. The van der Waals surface area contributed by atoms with Crippen molar-refractivity contribution in [1.29, 1.82) is 0 Å². The SMILES string of the molecule is CC(CNC(C)c1ccc2c(c1)CCO2)CN(C)C(=O)OC(C)(C)C. The number of fused-ring (bicyclic) bond motifs is 1. The molecule has 2 rings (SSSR count). The molecule has 1 aromatic rings. The maximum absolute atomic E-state index is 12.0. The number of carbonyl (C=O) groups is 1. The molecule has 0 fully saturated rings. The van der Waals surface area contributed by atoms with Crippen LogP contribution in [0.15, 0.2) is 18.2 Å². The van der Waals surface area contributed by atoms with E-state index in [1.807, 2.05) is 20.8 Å². The zero-order valence-corrected chi connectivity index (χ0v) is 16.4. The molecule has 25 heavy (non-hydrogen) atoms. The van der Waals surface area contributed by atoms with Gasteiger partial charge in [-0.2, -0.15) is 0 Å². The fourth-order valence-electron chi connectivity index (χ4n) is 2.92. The molecule has 0 aromatic heterocycles. The molecule has 0 radical (unpaired) electrons. The third-order valence-electron chi connectivity index (χ3n) is 4.28. The molecule has 0 aliphatic carbocycles. The Hall–Kier alpha value is -1.75. The topological polar surface area (TPSA) is 50.8 Å². The molecule has 5 heteroatoms. The molecule has 5 nitrogen and oxygen atoms in total. The van der Waals surface area contributed by atoms with Crippen LogP contribution in [0.2, 0.25) is 0 Å². The van der Waals surface area contributed by atoms with Crippen molar-refractivity contribution in [2.45, 2.75) is 52.7 Å². The Morgan fingerprint density at radius 3 is 2.76 bits per heavy atom. The van der Waals surface area contributed by atoms with E-state index < -0.39 is 5.60 Å². The minimum Gasteiger partial charge on any atom is -0.493 e. The van der Waals surface area contributed by atoms with Gasteiger partial charge in [-0.15, -0.1) is 0 Å². The van der Waals surface area contributed by atoms with Crippen LogP contribution in [-0.2, 0) is 11.2 Å². The molecule has 1 N–H and O–H groups in total. The van der Waals surface area contributed by atoms with Crippen molar-refractivity contribution in [2.75, 3.05) is 26.7 Å². The number of amides is 1. The van der Waals surface area contributed by atoms with Crippen LogP contribution in [-0.4, -0.2) is 43.3 Å². The highest BCUT2D eigenvalue weighted by Gasteiger charge is 2.21. The summed E-state index contributed by atoms with van der Waals surface area (Å²) >= 11 is 0. The van der Waals surface area contributed by atoms with Gasteiger partial charge in [0.15, 0.2) is 0 Å². The smallest absolute Gasteiger partial charge is 0.410 e. The van der Waals surface area contributed by atoms with Crippen LogP contribution in [0.3, 0.4) is 0 Å². The summed E-state index contributed by atoms with van der Waals surface area (Å²) in [4.78, 5) is 13.7. The average molecular weight is 348 g/mol. The van der Waals surface area contributed by atoms with Crippen molar-refractivity contribution in [2.24, 2.45) is 5.92 Å². The molecule has 2 unspecified atom stereocenters. The molecule has 0 saturated carbocycles. The molecule has 1 aromatic carbocycles. The zero-order chi connectivity index (χ0) is 18.6. The van der Waals surface area contributed by atoms with Gasteiger partial charge in [-0.25, -0.2) is 4.79 Å². The van der Waals surface area contributed by atoms with Crippen LogP contribution in [0.5, 0.6) is 5.75 Å². The molecule has 1 aliphatic rings. The van der Waals surface area contributed by atoms with Crippen molar-refractivity contribution in [3.05, 3.63) is 29.3 Å². The van der Waals surface area contributed by atoms with Crippen LogP contribution < -0.4 is 10.1 Å². The Kier molecular flexibility index (Phi) is 6.33. The van der Waals surface area contributed by atoms with Crippen molar-refractivity contribution in [3.8, 4) is 5.75 Å². The van der Waals surface area contributed by atoms with Gasteiger partial charge >= 0.3 is 6.09 Å². The van der Waals surface area contributed by atoms with Gasteiger partial charge in [-0.3, -0.25) is 0 Å². The Bertz CT molecular complexity index is 595. The third-order valence-corrected chi connectivity index (χ3v) is 4.28. The van der Waals surface area contributed by atoms with E-state index in [4.69, 9.17) is 9.47 Å². The molecule has 140 valence electrons. The first-order valence-corrected chi connectivity index (χ1v) is 9.09. The lowest BCUT2D eigenvalue weighted by Crippen LogP contribution is -2.38. The number of rotatable bonds is 6. The fourth-order valence-corrected chi connectivity index (χ4v) is 2.92. The fraction of sp³-hybridized carbons (Fsp3) is 0.650. The van der Waals surface area contributed by atoms with E-state index in [-0.39, 0.29) is 12.1 Å². The summed E-state index contributed by atoms with van der Waals surface area (Å²) in [5, 5.41) is 3.56. The quantitative estimate of drug-likeness (QED) is 0.850. The third kappa shape index (κ3) is 5.92. The maximum atomic E-state index is 12.0. The Balaban J connectivity index is 1.79. The second kappa shape index (κ2) is 8.09. The standard InChI is InChI=1S/C20H32N2O3/c1-14(13-22(6)19(23)25-20(3,4)5)12-21-15(2)16-7-8-18-17(11-16)9-10-24-18/h7-8,11,14-15,21H,9-10,12-13H2,1-6H3. The molecule has 1 aliphatic heterocycles. The van der Waals surface area contributed by atoms with Crippen molar-refractivity contribution < 1.29 is 14.3 Å². The molecule has 1 amide bonds. The largest absolute Gasteiger partial charge is 0.493 e. The number of ether oxygens (including phenoxy) is 2. The van der Waals surface area contributed by atoms with Gasteiger partial charge in [0.05, 0.1) is 6.61 Å². The number of nitrogens with zero attached hydrogens (tertiary/aromatic N) is 1. The zero-order valence-electron chi connectivity index (χ0n) is 16.4. The highest BCUT2D eigenvalue weighted by Crippen LogP contribution is 2.28. The molecular formula is C20H32N2O3. The Morgan fingerprint density at radius 2 is 2.08 bits per heavy atom. The van der Waals surface area contributed by atoms with Crippen LogP contribution in [0, 0.1) is 5.92 Å². The van der Waals surface area contributed by atoms with Gasteiger partial charge in [0, 0.05) is 26.1 Å². The minimum absolute atomic E-state index is 0.264. The Morgan fingerprint density at radius 1 is 1.36 bits per heavy atom. The molecule has 0 spiro atoms. The first-order valence-electron chi connectivity index (χ1n) is 9.09. The minimum atomic E-state index is -0.460. The summed E-state index contributed by atoms with van der Waals surface area (Å²) in [6, 6.07) is 6.69. The second-order valence-electron chi connectivity index (χ2n) is 8.06. The van der Waals surface area contributed by atoms with E-state index in [0.29, 0.717) is 12.5 Å². The molecule has 0 saturated heterocycles. The predicted octanol–water partition coefficient (Wildman–Crippen LogP) is 3.78. The Labute approximate surface area is 151 Å². The van der Waals surface area contributed by atoms with Gasteiger partial charge < -0.3 is 19.7 Å². The molecule has 2 atom stereocenters. The normalized spacial score (nSPS) is 15.9. The van der Waals surface area contributed by atoms with Gasteiger partial charge in [-0.1, -0.05) is 19.1 Å². The highest BCUT2D eigenvalue weighted by molar-refractivity contribution is 5.67.